The van der Waals surface area contributed by atoms with Gasteiger partial charge in [-0.2, -0.15) is 0 Å². The second kappa shape index (κ2) is 38.6. The van der Waals surface area contributed by atoms with Crippen LogP contribution < -0.4 is 0 Å². The maximum Gasteiger partial charge on any atom is 0 e. The van der Waals surface area contributed by atoms with Gasteiger partial charge in [0.1, 0.15) is 0 Å². The van der Waals surface area contributed by atoms with E-state index in [9.17, 15) is 0 Å². The van der Waals surface area contributed by atoms with Gasteiger partial charge in [-0.05, 0) is 0 Å². The van der Waals surface area contributed by atoms with Crippen LogP contribution in [-0.4, -0.2) is 0 Å². The molecule has 0 aliphatic carbocycles. The Labute approximate surface area is 196 Å². The molecule has 5 radical (unpaired) electrons. The van der Waals surface area contributed by atoms with Gasteiger partial charge in [0.2, 0.25) is 0 Å². The fourth-order valence-corrected chi connectivity index (χ4v) is 0. The summed E-state index contributed by atoms with van der Waals surface area (Å²) in [6, 6.07) is 0. The van der Waals surface area contributed by atoms with Crippen LogP contribution in [0.5, 0.6) is 0 Å². The Hall–Kier alpha value is 6.77. The second-order valence-corrected chi connectivity index (χ2v) is 0. The number of rotatable bonds is 0. The molecular weight excluding hydrogens is 647 g/mol. The van der Waals surface area contributed by atoms with Gasteiger partial charge in [-0.25, -0.2) is 0 Å². The number of hydrogen-bond donors (Lipinski definition) is 0. The van der Waals surface area contributed by atoms with E-state index in [-0.39, 0.29) is 203 Å². The van der Waals surface area contributed by atoms with Gasteiger partial charge in [0.25, 0.3) is 0 Å². The van der Waals surface area contributed by atoms with Gasteiger partial charge in [0.15, 0.2) is 0 Å². The van der Waals surface area contributed by atoms with Crippen LogP contribution in [0.4, 0.5) is 0 Å². The van der Waals surface area contributed by atoms with Crippen molar-refractivity contribution in [3.05, 3.63) is 0 Å². The molecule has 0 N–H and O–H groups in total. The van der Waals surface area contributed by atoms with Crippen LogP contribution in [0.25, 0.3) is 0 Å². The first kappa shape index (κ1) is 49.0. The van der Waals surface area contributed by atoms with Crippen LogP contribution in [0.3, 0.4) is 0 Å². The van der Waals surface area contributed by atoms with Gasteiger partial charge >= 0.3 is 0 Å². The van der Waals surface area contributed by atoms with E-state index < -0.39 is 0 Å². The molecule has 0 fully saturated rings. The van der Waals surface area contributed by atoms with Crippen molar-refractivity contribution < 1.29 is 203 Å². The molecule has 0 rings (SSSR count). The molecule has 0 heterocycles. The van der Waals surface area contributed by atoms with Crippen LogP contribution in [-0.2, 0) is 203 Å². The molecule has 0 aliphatic rings. The molecule has 0 aromatic heterocycles. The van der Waals surface area contributed by atoms with Crippen molar-refractivity contribution in [2.75, 3.05) is 0 Å². The zero-order valence-corrected chi connectivity index (χ0v) is 21.3. The maximum absolute atomic E-state index is 0. The van der Waals surface area contributed by atoms with Crippen molar-refractivity contribution in [1.82, 2.24) is 0 Å². The fourth-order valence-electron chi connectivity index (χ4n) is 0. The van der Waals surface area contributed by atoms with E-state index in [4.69, 9.17) is 0 Å². The van der Waals surface area contributed by atoms with E-state index in [0.717, 1.165) is 0 Å². The van der Waals surface area contributed by atoms with Gasteiger partial charge in [-0.15, -0.1) is 0 Å². The summed E-state index contributed by atoms with van der Waals surface area (Å²) in [6.07, 6.45) is 0. The Kier molecular flexibility index (Phi) is 270. The quantitative estimate of drug-likeness (QED) is 0.325. The van der Waals surface area contributed by atoms with Crippen LogP contribution in [0.1, 0.15) is 0 Å². The summed E-state index contributed by atoms with van der Waals surface area (Å²) in [5.74, 6) is 0. The molecule has 0 aromatic carbocycles. The SMILES string of the molecule is [Ru].[Ru].[Y].[Y].[Y].[Y].[Y]. The summed E-state index contributed by atoms with van der Waals surface area (Å²) < 4.78 is 0. The summed E-state index contributed by atoms with van der Waals surface area (Å²) in [4.78, 5) is 0. The molecule has 0 saturated carbocycles. The molecule has 0 saturated heterocycles. The van der Waals surface area contributed by atoms with E-state index >= 15 is 0 Å². The standard InChI is InChI=1S/2Ru.5Y. The third kappa shape index (κ3) is 32.3. The Morgan fingerprint density at radius 1 is 0.286 bits per heavy atom. The van der Waals surface area contributed by atoms with Crippen LogP contribution in [0, 0.1) is 0 Å². The third-order valence-electron chi connectivity index (χ3n) is 0. The van der Waals surface area contributed by atoms with E-state index in [1.807, 2.05) is 0 Å². The first-order chi connectivity index (χ1) is 0. The summed E-state index contributed by atoms with van der Waals surface area (Å²) in [5, 5.41) is 0. The molecule has 0 spiro atoms. The Morgan fingerprint density at radius 3 is 0.286 bits per heavy atom. The van der Waals surface area contributed by atoms with Crippen molar-refractivity contribution in [3.8, 4) is 0 Å². The predicted molar refractivity (Wildman–Crippen MR) is 0 cm³/mol. The first-order valence-electron chi connectivity index (χ1n) is 0. The molecule has 31 valence electrons. The zero-order valence-electron chi connectivity index (χ0n) is 3.59. The molecule has 0 bridgehead atoms. The topological polar surface area (TPSA) is 0 Å². The zero-order chi connectivity index (χ0) is 0. The van der Waals surface area contributed by atoms with Crippen LogP contribution >= 0.6 is 0 Å². The fraction of sp³-hybridized carbons (Fsp3) is 0. The van der Waals surface area contributed by atoms with E-state index in [1.165, 1.54) is 0 Å². The van der Waals surface area contributed by atoms with Crippen molar-refractivity contribution in [2.45, 2.75) is 0 Å². The van der Waals surface area contributed by atoms with Crippen LogP contribution in [0.15, 0.2) is 0 Å². The molecule has 0 aromatic rings. The summed E-state index contributed by atoms with van der Waals surface area (Å²) in [5.41, 5.74) is 0. The normalized spacial score (nSPS) is 0. The first-order valence-corrected chi connectivity index (χ1v) is 0. The minimum absolute atomic E-state index is 0. The molecular formula is Ru2Y5. The third-order valence-corrected chi connectivity index (χ3v) is 0. The molecule has 0 atom stereocenters. The molecule has 0 nitrogen and oxygen atoms in total. The van der Waals surface area contributed by atoms with Gasteiger partial charge in [-0.3, -0.25) is 0 Å². The molecule has 0 aliphatic heterocycles. The minimum Gasteiger partial charge on any atom is 0 e. The predicted octanol–water partition coefficient (Wildman–Crippen LogP) is -0.0175. The smallest absolute Gasteiger partial charge is 0 e. The monoisotopic (exact) mass is 648 g/mol. The average molecular weight is 647 g/mol. The van der Waals surface area contributed by atoms with Gasteiger partial charge in [0, 0.05) is 203 Å². The Morgan fingerprint density at radius 2 is 0.286 bits per heavy atom. The van der Waals surface area contributed by atoms with Crippen molar-refractivity contribution in [3.63, 3.8) is 0 Å². The molecule has 7 heteroatoms. The van der Waals surface area contributed by atoms with Gasteiger partial charge < -0.3 is 0 Å². The average Bonchev–Trinajstić information content (AvgIpc) is 0. The van der Waals surface area contributed by atoms with E-state index in [1.54, 1.807) is 0 Å². The Balaban J connectivity index is 0. The Bertz CT molecular complexity index is 6.04. The second-order valence-electron chi connectivity index (χ2n) is 0. The van der Waals surface area contributed by atoms with Crippen molar-refractivity contribution >= 4 is 0 Å². The summed E-state index contributed by atoms with van der Waals surface area (Å²) >= 11 is 0. The van der Waals surface area contributed by atoms with Gasteiger partial charge in [-0.1, -0.05) is 0 Å². The summed E-state index contributed by atoms with van der Waals surface area (Å²) in [7, 11) is 0. The molecule has 0 amide bonds. The summed E-state index contributed by atoms with van der Waals surface area (Å²) in [6.45, 7) is 0. The maximum atomic E-state index is 0. The van der Waals surface area contributed by atoms with Crippen LogP contribution in [0.2, 0.25) is 0 Å². The molecule has 0 unspecified atom stereocenters. The van der Waals surface area contributed by atoms with Crippen molar-refractivity contribution in [1.29, 1.82) is 0 Å². The largest absolute Gasteiger partial charge is 0 e. The van der Waals surface area contributed by atoms with E-state index in [0.29, 0.717) is 0 Å². The minimum atomic E-state index is 0. The van der Waals surface area contributed by atoms with E-state index in [2.05, 4.69) is 0 Å². The number of hydrogen-bond acceptors (Lipinski definition) is 0. The van der Waals surface area contributed by atoms with Gasteiger partial charge in [0.05, 0.1) is 0 Å². The van der Waals surface area contributed by atoms with Crippen molar-refractivity contribution in [2.24, 2.45) is 0 Å². The molecule has 7 heavy (non-hydrogen) atoms.